The SMILES string of the molecule is O=C(C[S@@](=O)Cc1ccc(Cl)cc1Cl)N1CCc2sccc2C1. The van der Waals surface area contributed by atoms with Crippen molar-refractivity contribution in [1.82, 2.24) is 4.90 Å². The molecular weight excluding hydrogens is 373 g/mol. The molecule has 0 spiro atoms. The van der Waals surface area contributed by atoms with E-state index in [0.717, 1.165) is 12.0 Å². The molecule has 3 rings (SSSR count). The molecule has 0 N–H and O–H groups in total. The average Bonchev–Trinajstić information content (AvgIpc) is 2.97. The molecule has 122 valence electrons. The number of nitrogens with zero attached hydrogens (tertiary/aromatic N) is 1. The van der Waals surface area contributed by atoms with Crippen molar-refractivity contribution in [1.29, 1.82) is 0 Å². The summed E-state index contributed by atoms with van der Waals surface area (Å²) in [6.07, 6.45) is 0.883. The fourth-order valence-corrected chi connectivity index (χ4v) is 5.16. The normalized spacial score (nSPS) is 15.3. The smallest absolute Gasteiger partial charge is 0.235 e. The van der Waals surface area contributed by atoms with Crippen LogP contribution in [0.4, 0.5) is 0 Å². The lowest BCUT2D eigenvalue weighted by Gasteiger charge is -2.26. The summed E-state index contributed by atoms with van der Waals surface area (Å²) in [5.74, 6) is 0.225. The number of rotatable bonds is 4. The number of fused-ring (bicyclic) bond motifs is 1. The Balaban J connectivity index is 1.59. The molecule has 0 saturated carbocycles. The Bertz CT molecular complexity index is 760. The van der Waals surface area contributed by atoms with Crippen molar-refractivity contribution < 1.29 is 9.00 Å². The molecular formula is C16H15Cl2NO2S2. The minimum Gasteiger partial charge on any atom is -0.337 e. The van der Waals surface area contributed by atoms with Crippen molar-refractivity contribution in [2.45, 2.75) is 18.7 Å². The van der Waals surface area contributed by atoms with Crippen molar-refractivity contribution in [3.8, 4) is 0 Å². The highest BCUT2D eigenvalue weighted by atomic mass is 35.5. The highest BCUT2D eigenvalue weighted by Crippen LogP contribution is 2.25. The Morgan fingerprint density at radius 2 is 2.13 bits per heavy atom. The van der Waals surface area contributed by atoms with Crippen LogP contribution in [-0.2, 0) is 34.3 Å². The third-order valence-electron chi connectivity index (χ3n) is 3.78. The molecule has 0 unspecified atom stereocenters. The van der Waals surface area contributed by atoms with Gasteiger partial charge in [0.2, 0.25) is 5.91 Å². The Kier molecular flexibility index (Phi) is 5.42. The van der Waals surface area contributed by atoms with Crippen LogP contribution >= 0.6 is 34.5 Å². The molecule has 1 aromatic heterocycles. The Labute approximate surface area is 151 Å². The maximum Gasteiger partial charge on any atom is 0.235 e. The predicted molar refractivity (Wildman–Crippen MR) is 96.6 cm³/mol. The monoisotopic (exact) mass is 387 g/mol. The topological polar surface area (TPSA) is 37.4 Å². The molecule has 1 aliphatic heterocycles. The van der Waals surface area contributed by atoms with Gasteiger partial charge in [0.25, 0.3) is 0 Å². The van der Waals surface area contributed by atoms with Crippen molar-refractivity contribution in [3.63, 3.8) is 0 Å². The molecule has 0 aliphatic carbocycles. The lowest BCUT2D eigenvalue weighted by Crippen LogP contribution is -2.38. The van der Waals surface area contributed by atoms with Gasteiger partial charge < -0.3 is 4.90 Å². The van der Waals surface area contributed by atoms with E-state index in [0.29, 0.717) is 23.1 Å². The number of carbonyl (C=O) groups is 1. The van der Waals surface area contributed by atoms with Crippen LogP contribution in [-0.4, -0.2) is 27.3 Å². The van der Waals surface area contributed by atoms with E-state index in [9.17, 15) is 9.00 Å². The fourth-order valence-electron chi connectivity index (χ4n) is 2.55. The molecule has 0 saturated heterocycles. The first-order valence-corrected chi connectivity index (χ1v) is 10.3. The van der Waals surface area contributed by atoms with Gasteiger partial charge in [-0.25, -0.2) is 0 Å². The minimum absolute atomic E-state index is 0.0262. The van der Waals surface area contributed by atoms with Gasteiger partial charge in [0.1, 0.15) is 5.75 Å². The summed E-state index contributed by atoms with van der Waals surface area (Å²) >= 11 is 13.7. The molecule has 0 bridgehead atoms. The fraction of sp³-hybridized carbons (Fsp3) is 0.312. The van der Waals surface area contributed by atoms with E-state index in [-0.39, 0.29) is 17.4 Å². The maximum atomic E-state index is 12.4. The lowest BCUT2D eigenvalue weighted by atomic mass is 10.1. The van der Waals surface area contributed by atoms with Crippen LogP contribution in [0.3, 0.4) is 0 Å². The summed E-state index contributed by atoms with van der Waals surface area (Å²) in [6.45, 7) is 1.32. The first kappa shape index (κ1) is 17.0. The van der Waals surface area contributed by atoms with Crippen LogP contribution in [0.15, 0.2) is 29.6 Å². The van der Waals surface area contributed by atoms with E-state index >= 15 is 0 Å². The first-order chi connectivity index (χ1) is 11.0. The molecule has 1 amide bonds. The molecule has 1 aliphatic rings. The molecule has 1 atom stereocenters. The van der Waals surface area contributed by atoms with Gasteiger partial charge in [-0.05, 0) is 41.1 Å². The quantitative estimate of drug-likeness (QED) is 0.797. The maximum absolute atomic E-state index is 12.4. The van der Waals surface area contributed by atoms with Crippen LogP contribution in [0.25, 0.3) is 0 Å². The zero-order valence-electron chi connectivity index (χ0n) is 12.3. The van der Waals surface area contributed by atoms with Crippen LogP contribution < -0.4 is 0 Å². The van der Waals surface area contributed by atoms with E-state index in [2.05, 4.69) is 11.4 Å². The number of thiophene rings is 1. The molecule has 2 heterocycles. The van der Waals surface area contributed by atoms with Gasteiger partial charge in [0.15, 0.2) is 0 Å². The van der Waals surface area contributed by atoms with Crippen LogP contribution in [0.1, 0.15) is 16.0 Å². The second kappa shape index (κ2) is 7.34. The zero-order chi connectivity index (χ0) is 16.4. The molecule has 2 aromatic rings. The van der Waals surface area contributed by atoms with Crippen molar-refractivity contribution in [2.75, 3.05) is 12.3 Å². The Morgan fingerprint density at radius 1 is 1.30 bits per heavy atom. The van der Waals surface area contributed by atoms with Crippen LogP contribution in [0, 0.1) is 0 Å². The van der Waals surface area contributed by atoms with Crippen molar-refractivity contribution in [3.05, 3.63) is 55.7 Å². The van der Waals surface area contributed by atoms with Gasteiger partial charge in [-0.1, -0.05) is 29.3 Å². The van der Waals surface area contributed by atoms with Gasteiger partial charge in [0.05, 0.1) is 5.75 Å². The lowest BCUT2D eigenvalue weighted by molar-refractivity contribution is -0.129. The van der Waals surface area contributed by atoms with Gasteiger partial charge in [-0.2, -0.15) is 0 Å². The third-order valence-corrected chi connectivity index (χ3v) is 6.59. The standard InChI is InChI=1S/C16H15Cl2NO2S2/c17-13-2-1-12(14(18)7-13)9-23(21)10-16(20)19-5-3-15-11(8-19)4-6-22-15/h1-2,4,6-7H,3,5,8-10H2/t23-/m0/s1. The number of benzene rings is 1. The second-order valence-electron chi connectivity index (χ2n) is 5.40. The first-order valence-electron chi connectivity index (χ1n) is 7.15. The second-order valence-corrected chi connectivity index (χ2v) is 8.70. The van der Waals surface area contributed by atoms with E-state index in [1.165, 1.54) is 10.4 Å². The highest BCUT2D eigenvalue weighted by molar-refractivity contribution is 7.84. The summed E-state index contributed by atoms with van der Waals surface area (Å²) in [4.78, 5) is 15.5. The number of carbonyl (C=O) groups excluding carboxylic acids is 1. The molecule has 23 heavy (non-hydrogen) atoms. The Morgan fingerprint density at radius 3 is 2.91 bits per heavy atom. The Hall–Kier alpha value is -0.880. The zero-order valence-corrected chi connectivity index (χ0v) is 15.4. The van der Waals surface area contributed by atoms with E-state index in [1.54, 1.807) is 34.4 Å². The van der Waals surface area contributed by atoms with E-state index < -0.39 is 10.8 Å². The third kappa shape index (κ3) is 4.15. The number of hydrogen-bond acceptors (Lipinski definition) is 3. The number of amides is 1. The predicted octanol–water partition coefficient (Wildman–Crippen LogP) is 3.89. The van der Waals surface area contributed by atoms with E-state index in [1.807, 2.05) is 0 Å². The highest BCUT2D eigenvalue weighted by Gasteiger charge is 2.23. The summed E-state index contributed by atoms with van der Waals surface area (Å²) in [7, 11) is -1.28. The number of hydrogen-bond donors (Lipinski definition) is 0. The summed E-state index contributed by atoms with van der Waals surface area (Å²) < 4.78 is 12.3. The van der Waals surface area contributed by atoms with Crippen LogP contribution in [0.2, 0.25) is 10.0 Å². The summed E-state index contributed by atoms with van der Waals surface area (Å²) in [5.41, 5.74) is 1.96. The molecule has 0 fully saturated rings. The van der Waals surface area contributed by atoms with E-state index in [4.69, 9.17) is 23.2 Å². The summed E-state index contributed by atoms with van der Waals surface area (Å²) in [6, 6.07) is 7.15. The molecule has 7 heteroatoms. The minimum atomic E-state index is -1.28. The number of halogens is 2. The largest absolute Gasteiger partial charge is 0.337 e. The summed E-state index contributed by atoms with van der Waals surface area (Å²) in [5, 5.41) is 3.08. The molecule has 3 nitrogen and oxygen atoms in total. The van der Waals surface area contributed by atoms with Gasteiger partial charge in [0, 0.05) is 38.8 Å². The molecule has 0 radical (unpaired) electrons. The molecule has 1 aromatic carbocycles. The van der Waals surface area contributed by atoms with Gasteiger partial charge in [-0.15, -0.1) is 11.3 Å². The van der Waals surface area contributed by atoms with Gasteiger partial charge >= 0.3 is 0 Å². The average molecular weight is 388 g/mol. The van der Waals surface area contributed by atoms with Crippen molar-refractivity contribution in [2.24, 2.45) is 0 Å². The van der Waals surface area contributed by atoms with Gasteiger partial charge in [-0.3, -0.25) is 9.00 Å². The van der Waals surface area contributed by atoms with Crippen molar-refractivity contribution >= 4 is 51.2 Å². The van der Waals surface area contributed by atoms with Crippen LogP contribution in [0.5, 0.6) is 0 Å².